The van der Waals surface area contributed by atoms with Gasteiger partial charge in [-0.15, -0.1) is 0 Å². The zero-order chi connectivity index (χ0) is 10.6. The van der Waals surface area contributed by atoms with E-state index in [1.807, 2.05) is 0 Å². The normalized spacial score (nSPS) is 13.2. The number of ether oxygens (including phenoxy) is 1. The van der Waals surface area contributed by atoms with Gasteiger partial charge in [0.1, 0.15) is 0 Å². The summed E-state index contributed by atoms with van der Waals surface area (Å²) >= 11 is 0. The first kappa shape index (κ1) is 10.7. The van der Waals surface area contributed by atoms with E-state index in [-0.39, 0.29) is 11.4 Å². The minimum Gasteiger partial charge on any atom is -0.448 e. The summed E-state index contributed by atoms with van der Waals surface area (Å²) in [6.45, 7) is 1.45. The second-order valence-corrected chi connectivity index (χ2v) is 4.88. The van der Waals surface area contributed by atoms with Crippen LogP contribution in [0.1, 0.15) is 6.92 Å². The summed E-state index contributed by atoms with van der Waals surface area (Å²) in [6.07, 6.45) is 0. The van der Waals surface area contributed by atoms with Gasteiger partial charge in [0.2, 0.25) is 15.3 Å². The average Bonchev–Trinajstić information content (AvgIpc) is 2.19. The number of sulfone groups is 1. The van der Waals surface area contributed by atoms with Gasteiger partial charge in [0.25, 0.3) is 6.47 Å². The third kappa shape index (κ3) is 2.11. The van der Waals surface area contributed by atoms with E-state index >= 15 is 0 Å². The van der Waals surface area contributed by atoms with Gasteiger partial charge in [-0.1, -0.05) is 18.2 Å². The minimum absolute atomic E-state index is 0.130. The maximum Gasteiger partial charge on any atom is 0.294 e. The molecule has 0 aromatic heterocycles. The molecule has 0 spiro atoms. The molecular weight excluding hydrogens is 204 g/mol. The molecule has 0 heterocycles. The Morgan fingerprint density at radius 1 is 1.29 bits per heavy atom. The van der Waals surface area contributed by atoms with Crippen molar-refractivity contribution in [2.75, 3.05) is 0 Å². The zero-order valence-corrected chi connectivity index (χ0v) is 8.40. The van der Waals surface area contributed by atoms with E-state index in [0.29, 0.717) is 0 Å². The van der Waals surface area contributed by atoms with Crippen LogP contribution in [0.4, 0.5) is 0 Å². The summed E-state index contributed by atoms with van der Waals surface area (Å²) in [5.41, 5.74) is -1.15. The van der Waals surface area contributed by atoms with E-state index in [9.17, 15) is 13.2 Å². The Balaban J connectivity index is 3.03. The van der Waals surface area contributed by atoms with Crippen LogP contribution in [0.15, 0.2) is 35.2 Å². The Hall–Kier alpha value is -1.36. The largest absolute Gasteiger partial charge is 0.448 e. The SMILES string of the molecule is CC(OC=O)S(=O)(=O)c1ccccc1. The van der Waals surface area contributed by atoms with Crippen molar-refractivity contribution in [2.24, 2.45) is 0 Å². The molecule has 0 saturated heterocycles. The molecule has 1 rings (SSSR count). The number of hydrogen-bond acceptors (Lipinski definition) is 4. The van der Waals surface area contributed by atoms with E-state index < -0.39 is 15.3 Å². The van der Waals surface area contributed by atoms with Crippen LogP contribution < -0.4 is 0 Å². The van der Waals surface area contributed by atoms with Crippen LogP contribution in [0.5, 0.6) is 0 Å². The fourth-order valence-electron chi connectivity index (χ4n) is 0.953. The molecule has 0 bridgehead atoms. The standard InChI is InChI=1S/C9H10O4S/c1-8(13-7-10)14(11,12)9-5-3-2-4-6-9/h2-8H,1H3. The molecule has 1 unspecified atom stereocenters. The smallest absolute Gasteiger partial charge is 0.294 e. The molecule has 14 heavy (non-hydrogen) atoms. The highest BCUT2D eigenvalue weighted by Gasteiger charge is 2.23. The van der Waals surface area contributed by atoms with Gasteiger partial charge in [0.15, 0.2) is 0 Å². The number of rotatable bonds is 4. The van der Waals surface area contributed by atoms with E-state index in [1.165, 1.54) is 19.1 Å². The van der Waals surface area contributed by atoms with E-state index in [4.69, 9.17) is 0 Å². The van der Waals surface area contributed by atoms with Gasteiger partial charge >= 0.3 is 0 Å². The fourth-order valence-corrected chi connectivity index (χ4v) is 2.06. The molecule has 5 heteroatoms. The van der Waals surface area contributed by atoms with Crippen molar-refractivity contribution in [1.82, 2.24) is 0 Å². The van der Waals surface area contributed by atoms with Gasteiger partial charge in [0, 0.05) is 0 Å². The molecular formula is C9H10O4S. The Bertz CT molecular complexity index is 396. The van der Waals surface area contributed by atoms with Crippen molar-refractivity contribution in [3.05, 3.63) is 30.3 Å². The average molecular weight is 214 g/mol. The van der Waals surface area contributed by atoms with Crippen molar-refractivity contribution in [1.29, 1.82) is 0 Å². The number of carbonyl (C=O) groups is 1. The monoisotopic (exact) mass is 214 g/mol. The van der Waals surface area contributed by atoms with E-state index in [0.717, 1.165) is 0 Å². The van der Waals surface area contributed by atoms with Crippen LogP contribution in [-0.2, 0) is 19.4 Å². The van der Waals surface area contributed by atoms with Gasteiger partial charge in [-0.25, -0.2) is 8.42 Å². The highest BCUT2D eigenvalue weighted by atomic mass is 32.2. The van der Waals surface area contributed by atoms with Crippen LogP contribution in [0.3, 0.4) is 0 Å². The van der Waals surface area contributed by atoms with Crippen LogP contribution in [0, 0.1) is 0 Å². The highest BCUT2D eigenvalue weighted by molar-refractivity contribution is 7.91. The van der Waals surface area contributed by atoms with Crippen molar-refractivity contribution < 1.29 is 17.9 Å². The Labute approximate surface area is 82.4 Å². The summed E-state index contributed by atoms with van der Waals surface area (Å²) in [4.78, 5) is 10.2. The summed E-state index contributed by atoms with van der Waals surface area (Å²) < 4.78 is 27.7. The summed E-state index contributed by atoms with van der Waals surface area (Å²) in [5, 5.41) is 0. The molecule has 0 amide bonds. The van der Waals surface area contributed by atoms with Gasteiger partial charge in [0.05, 0.1) is 4.90 Å². The van der Waals surface area contributed by atoms with Crippen molar-refractivity contribution in [2.45, 2.75) is 17.3 Å². The topological polar surface area (TPSA) is 60.4 Å². The lowest BCUT2D eigenvalue weighted by molar-refractivity contribution is -0.129. The molecule has 1 aromatic rings. The van der Waals surface area contributed by atoms with Crippen LogP contribution in [0.2, 0.25) is 0 Å². The van der Waals surface area contributed by atoms with E-state index in [2.05, 4.69) is 4.74 Å². The van der Waals surface area contributed by atoms with Gasteiger partial charge in [-0.2, -0.15) is 0 Å². The van der Waals surface area contributed by atoms with Crippen molar-refractivity contribution in [3.63, 3.8) is 0 Å². The zero-order valence-electron chi connectivity index (χ0n) is 7.58. The molecule has 0 aliphatic heterocycles. The molecule has 0 radical (unpaired) electrons. The molecule has 0 aliphatic rings. The van der Waals surface area contributed by atoms with Gasteiger partial charge < -0.3 is 4.74 Å². The Morgan fingerprint density at radius 2 is 1.86 bits per heavy atom. The quantitative estimate of drug-likeness (QED) is 0.701. The first-order valence-electron chi connectivity index (χ1n) is 3.97. The van der Waals surface area contributed by atoms with Crippen LogP contribution in [-0.4, -0.2) is 20.3 Å². The Kier molecular flexibility index (Phi) is 3.24. The maximum atomic E-state index is 11.6. The first-order valence-corrected chi connectivity index (χ1v) is 5.51. The number of carbonyl (C=O) groups excluding carboxylic acids is 1. The maximum absolute atomic E-state index is 11.6. The first-order chi connectivity index (χ1) is 6.59. The fraction of sp³-hybridized carbons (Fsp3) is 0.222. The number of benzene rings is 1. The van der Waals surface area contributed by atoms with Gasteiger partial charge in [-0.3, -0.25) is 4.79 Å². The minimum atomic E-state index is -3.55. The highest BCUT2D eigenvalue weighted by Crippen LogP contribution is 2.15. The van der Waals surface area contributed by atoms with Crippen molar-refractivity contribution >= 4 is 16.3 Å². The Morgan fingerprint density at radius 3 is 2.36 bits per heavy atom. The molecule has 76 valence electrons. The molecule has 0 aliphatic carbocycles. The second-order valence-electron chi connectivity index (χ2n) is 2.66. The lowest BCUT2D eigenvalue weighted by Crippen LogP contribution is -2.20. The third-order valence-corrected chi connectivity index (χ3v) is 3.67. The van der Waals surface area contributed by atoms with E-state index in [1.54, 1.807) is 18.2 Å². The molecule has 0 fully saturated rings. The summed E-state index contributed by atoms with van der Waals surface area (Å²) in [5.74, 6) is 0. The third-order valence-electron chi connectivity index (χ3n) is 1.76. The van der Waals surface area contributed by atoms with Crippen LogP contribution >= 0.6 is 0 Å². The van der Waals surface area contributed by atoms with Crippen LogP contribution in [0.25, 0.3) is 0 Å². The molecule has 0 saturated carbocycles. The predicted molar refractivity (Wildman–Crippen MR) is 50.2 cm³/mol. The predicted octanol–water partition coefficient (Wildman–Crippen LogP) is 0.979. The molecule has 0 N–H and O–H groups in total. The summed E-state index contributed by atoms with van der Waals surface area (Å²) in [6, 6.07) is 7.85. The summed E-state index contributed by atoms with van der Waals surface area (Å²) in [7, 11) is -3.55. The van der Waals surface area contributed by atoms with Gasteiger partial charge in [-0.05, 0) is 19.1 Å². The molecule has 1 aromatic carbocycles. The van der Waals surface area contributed by atoms with Crippen molar-refractivity contribution in [3.8, 4) is 0 Å². The molecule has 1 atom stereocenters. The second kappa shape index (κ2) is 4.23. The lowest BCUT2D eigenvalue weighted by atomic mass is 10.4. The molecule has 4 nitrogen and oxygen atoms in total. The lowest BCUT2D eigenvalue weighted by Gasteiger charge is -2.10. The number of hydrogen-bond donors (Lipinski definition) is 0.